The Labute approximate surface area is 277 Å². The Morgan fingerprint density at radius 3 is 2.63 bits per heavy atom. The van der Waals surface area contributed by atoms with Crippen molar-refractivity contribution in [2.24, 2.45) is 0 Å². The van der Waals surface area contributed by atoms with Gasteiger partial charge in [-0.2, -0.15) is 0 Å². The molecule has 0 radical (unpaired) electrons. The van der Waals surface area contributed by atoms with Crippen LogP contribution in [0, 0.1) is 5.82 Å². The van der Waals surface area contributed by atoms with Crippen molar-refractivity contribution in [1.29, 1.82) is 0 Å². The summed E-state index contributed by atoms with van der Waals surface area (Å²) in [6.45, 7) is 2.50. The van der Waals surface area contributed by atoms with Crippen LogP contribution in [0.4, 0.5) is 15.9 Å². The molecule has 12 heteroatoms. The number of anilines is 2. The predicted molar refractivity (Wildman–Crippen MR) is 180 cm³/mol. The Hall–Kier alpha value is -3.80. The van der Waals surface area contributed by atoms with Crippen LogP contribution < -0.4 is 26.0 Å². The van der Waals surface area contributed by atoms with Gasteiger partial charge in [-0.15, -0.1) is 0 Å². The van der Waals surface area contributed by atoms with E-state index in [1.165, 1.54) is 0 Å². The fourth-order valence-electron chi connectivity index (χ4n) is 5.44. The van der Waals surface area contributed by atoms with E-state index in [9.17, 15) is 4.79 Å². The van der Waals surface area contributed by atoms with Crippen LogP contribution in [-0.4, -0.2) is 60.4 Å². The molecule has 1 fully saturated rings. The molecule has 1 aliphatic heterocycles. The number of halogens is 3. The van der Waals surface area contributed by atoms with Crippen molar-refractivity contribution in [1.82, 2.24) is 25.9 Å². The van der Waals surface area contributed by atoms with E-state index in [4.69, 9.17) is 33.0 Å². The summed E-state index contributed by atoms with van der Waals surface area (Å²) >= 11 is 13.9. The van der Waals surface area contributed by atoms with Gasteiger partial charge < -0.3 is 31.1 Å². The fourth-order valence-corrected chi connectivity index (χ4v) is 6.04. The van der Waals surface area contributed by atoms with Gasteiger partial charge in [0.15, 0.2) is 11.6 Å². The molecule has 5 N–H and O–H groups in total. The summed E-state index contributed by atoms with van der Waals surface area (Å²) in [6.07, 6.45) is 5.87. The third-order valence-corrected chi connectivity index (χ3v) is 8.63. The van der Waals surface area contributed by atoms with Crippen LogP contribution in [-0.2, 0) is 17.8 Å². The van der Waals surface area contributed by atoms with Gasteiger partial charge in [0.1, 0.15) is 5.75 Å². The Morgan fingerprint density at radius 2 is 1.85 bits per heavy atom. The Morgan fingerprint density at radius 1 is 1.02 bits per heavy atom. The van der Waals surface area contributed by atoms with Gasteiger partial charge in [-0.3, -0.25) is 9.78 Å². The lowest BCUT2D eigenvalue weighted by Crippen LogP contribution is -2.35. The average Bonchev–Trinajstić information content (AvgIpc) is 3.48. The maximum Gasteiger partial charge on any atom is 0.220 e. The number of carbonyl (C=O) groups excluding carboxylic acids is 1. The maximum absolute atomic E-state index is 15.3. The SMILES string of the molecule is COc1cc(-c2nccc(-c3cccc(Nc4nccc(CCCNCCO)c4F)c3Cl)c2Cl)ccc1CNC[C@@H]1CCC(=O)N1. The zero-order chi connectivity index (χ0) is 32.5. The monoisotopic (exact) mass is 666 g/mol. The van der Waals surface area contributed by atoms with Gasteiger partial charge in [-0.1, -0.05) is 47.5 Å². The molecule has 0 spiro atoms. The van der Waals surface area contributed by atoms with Crippen LogP contribution in [0.2, 0.25) is 10.0 Å². The Bertz CT molecular complexity index is 1670. The maximum atomic E-state index is 15.3. The Kier molecular flexibility index (Phi) is 11.8. The summed E-state index contributed by atoms with van der Waals surface area (Å²) in [6, 6.07) is 14.8. The smallest absolute Gasteiger partial charge is 0.220 e. The number of rotatable bonds is 15. The van der Waals surface area contributed by atoms with E-state index in [0.29, 0.717) is 89.3 Å². The second-order valence-corrected chi connectivity index (χ2v) is 11.7. The molecule has 2 aromatic carbocycles. The zero-order valence-corrected chi connectivity index (χ0v) is 27.0. The summed E-state index contributed by atoms with van der Waals surface area (Å²) in [5.41, 5.74) is 4.65. The van der Waals surface area contributed by atoms with Gasteiger partial charge in [0.2, 0.25) is 5.91 Å². The van der Waals surface area contributed by atoms with E-state index in [1.807, 2.05) is 30.3 Å². The first kappa shape index (κ1) is 33.6. The molecule has 0 bridgehead atoms. The number of ether oxygens (including phenoxy) is 1. The van der Waals surface area contributed by atoms with Gasteiger partial charge in [0, 0.05) is 66.7 Å². The highest BCUT2D eigenvalue weighted by molar-refractivity contribution is 6.39. The van der Waals surface area contributed by atoms with Crippen LogP contribution in [0.3, 0.4) is 0 Å². The molecule has 0 saturated carbocycles. The molecule has 2 aromatic heterocycles. The lowest BCUT2D eigenvalue weighted by Gasteiger charge is -2.16. The lowest BCUT2D eigenvalue weighted by atomic mass is 10.0. The van der Waals surface area contributed by atoms with Crippen molar-refractivity contribution in [3.63, 3.8) is 0 Å². The van der Waals surface area contributed by atoms with Gasteiger partial charge in [0.05, 0.1) is 35.1 Å². The summed E-state index contributed by atoms with van der Waals surface area (Å²) in [4.78, 5) is 20.3. The molecule has 1 aliphatic rings. The normalized spacial score (nSPS) is 14.4. The number of hydrogen-bond acceptors (Lipinski definition) is 8. The number of pyridine rings is 2. The minimum Gasteiger partial charge on any atom is -0.496 e. The van der Waals surface area contributed by atoms with Crippen LogP contribution in [0.15, 0.2) is 60.9 Å². The highest BCUT2D eigenvalue weighted by Crippen LogP contribution is 2.41. The van der Waals surface area contributed by atoms with Gasteiger partial charge in [-0.05, 0) is 55.6 Å². The van der Waals surface area contributed by atoms with E-state index >= 15 is 4.39 Å². The summed E-state index contributed by atoms with van der Waals surface area (Å²) < 4.78 is 21.0. The number of amides is 1. The number of methoxy groups -OCH3 is 1. The van der Waals surface area contributed by atoms with Crippen molar-refractivity contribution >= 4 is 40.6 Å². The third-order valence-electron chi connectivity index (χ3n) is 7.84. The number of aliphatic hydroxyl groups excluding tert-OH is 1. The number of aromatic nitrogens is 2. The van der Waals surface area contributed by atoms with E-state index in [1.54, 1.807) is 37.7 Å². The minimum absolute atomic E-state index is 0.0636. The van der Waals surface area contributed by atoms with E-state index in [0.717, 1.165) is 17.5 Å². The summed E-state index contributed by atoms with van der Waals surface area (Å²) in [5, 5.41) is 22.2. The average molecular weight is 668 g/mol. The molecule has 4 aromatic rings. The van der Waals surface area contributed by atoms with Gasteiger partial charge in [0.25, 0.3) is 0 Å². The number of carbonyl (C=O) groups is 1. The van der Waals surface area contributed by atoms with E-state index < -0.39 is 5.82 Å². The molecule has 0 unspecified atom stereocenters. The van der Waals surface area contributed by atoms with Gasteiger partial charge in [-0.25, -0.2) is 9.37 Å². The molecule has 5 rings (SSSR count). The quantitative estimate of drug-likeness (QED) is 0.0997. The van der Waals surface area contributed by atoms with Crippen molar-refractivity contribution in [2.75, 3.05) is 38.7 Å². The summed E-state index contributed by atoms with van der Waals surface area (Å²) in [7, 11) is 1.62. The first-order valence-corrected chi connectivity index (χ1v) is 16.0. The number of benzene rings is 2. The van der Waals surface area contributed by atoms with Crippen molar-refractivity contribution < 1.29 is 19.0 Å². The molecule has 1 amide bonds. The van der Waals surface area contributed by atoms with E-state index in [-0.39, 0.29) is 24.4 Å². The van der Waals surface area contributed by atoms with E-state index in [2.05, 4.69) is 31.2 Å². The first-order chi connectivity index (χ1) is 22.4. The van der Waals surface area contributed by atoms with Crippen molar-refractivity contribution in [3.8, 4) is 28.1 Å². The molecule has 46 heavy (non-hydrogen) atoms. The Balaban J connectivity index is 1.33. The minimum atomic E-state index is -0.437. The largest absolute Gasteiger partial charge is 0.496 e. The molecule has 0 aliphatic carbocycles. The second kappa shape index (κ2) is 16.2. The van der Waals surface area contributed by atoms with Crippen LogP contribution in [0.5, 0.6) is 5.75 Å². The topological polar surface area (TPSA) is 120 Å². The highest BCUT2D eigenvalue weighted by atomic mass is 35.5. The van der Waals surface area contributed by atoms with Gasteiger partial charge >= 0.3 is 0 Å². The third kappa shape index (κ3) is 8.12. The highest BCUT2D eigenvalue weighted by Gasteiger charge is 2.21. The van der Waals surface area contributed by atoms with Crippen molar-refractivity contribution in [3.05, 3.63) is 87.9 Å². The first-order valence-electron chi connectivity index (χ1n) is 15.2. The molecule has 1 saturated heterocycles. The number of aryl methyl sites for hydroxylation is 1. The standard InChI is InChI=1S/C34H37Cl2FN6O3/c1-46-28-18-22(7-8-23(28)19-39-20-24-9-10-29(45)42-24)33-31(36)26(12-15-40-33)25-5-2-6-27(30(25)35)43-34-32(37)21(11-14-41-34)4-3-13-38-16-17-44/h2,5-8,11-12,14-15,18,24,38-39,44H,3-4,9-10,13,16-17,19-20H2,1H3,(H,41,43)(H,42,45)/t24-/m0/s1. The number of nitrogens with one attached hydrogen (secondary N) is 4. The second-order valence-electron chi connectivity index (χ2n) is 11.0. The van der Waals surface area contributed by atoms with Crippen LogP contribution in [0.1, 0.15) is 30.4 Å². The molecular weight excluding hydrogens is 630 g/mol. The van der Waals surface area contributed by atoms with Crippen LogP contribution in [0.25, 0.3) is 22.4 Å². The lowest BCUT2D eigenvalue weighted by molar-refractivity contribution is -0.119. The van der Waals surface area contributed by atoms with Crippen LogP contribution >= 0.6 is 23.2 Å². The summed E-state index contributed by atoms with van der Waals surface area (Å²) in [5.74, 6) is 0.423. The molecule has 1 atom stereocenters. The number of aliphatic hydroxyl groups is 1. The molecule has 9 nitrogen and oxygen atoms in total. The zero-order valence-electron chi connectivity index (χ0n) is 25.5. The molecular formula is C34H37Cl2FN6O3. The molecule has 3 heterocycles. The predicted octanol–water partition coefficient (Wildman–Crippen LogP) is 5.89. The number of nitrogens with zero attached hydrogens (tertiary/aromatic N) is 2. The van der Waals surface area contributed by atoms with Crippen molar-refractivity contribution in [2.45, 2.75) is 38.3 Å². The fraction of sp³-hybridized carbons (Fsp3) is 0.324. The molecule has 242 valence electrons. The number of hydrogen-bond donors (Lipinski definition) is 5.